The minimum Gasteiger partial charge on any atom is -0.493 e. The molecule has 3 rings (SSSR count). The van der Waals surface area contributed by atoms with Gasteiger partial charge in [-0.15, -0.1) is 0 Å². The summed E-state index contributed by atoms with van der Waals surface area (Å²) in [6.45, 7) is 5.26. The number of hydrogen-bond donors (Lipinski definition) is 2. The Morgan fingerprint density at radius 3 is 2.34 bits per heavy atom. The van der Waals surface area contributed by atoms with E-state index in [2.05, 4.69) is 15.8 Å². The normalized spacial score (nSPS) is 11.1. The molecule has 0 aliphatic heterocycles. The maximum atomic E-state index is 14.0. The number of rotatable bonds is 7. The molecule has 3 aromatic rings. The largest absolute Gasteiger partial charge is 0.493 e. The third-order valence-electron chi connectivity index (χ3n) is 5.27. The number of halogens is 2. The smallest absolute Gasteiger partial charge is 0.329 e. The molecule has 7 nitrogen and oxygen atoms in total. The molecule has 3 aromatic carbocycles. The second-order valence-electron chi connectivity index (χ2n) is 7.71. The minimum atomic E-state index is -0.902. The van der Waals surface area contributed by atoms with E-state index in [1.165, 1.54) is 19.2 Å². The summed E-state index contributed by atoms with van der Waals surface area (Å²) in [7, 11) is 1.47. The number of aryl methyl sites for hydroxylation is 2. The van der Waals surface area contributed by atoms with Crippen LogP contribution in [-0.4, -0.2) is 24.6 Å². The number of carbonyl (C=O) groups excluding carboxylic acids is 2. The summed E-state index contributed by atoms with van der Waals surface area (Å²) >= 11 is 6.05. The molecule has 35 heavy (non-hydrogen) atoms. The van der Waals surface area contributed by atoms with E-state index in [0.717, 1.165) is 11.1 Å². The van der Waals surface area contributed by atoms with Crippen LogP contribution in [0.4, 0.5) is 10.1 Å². The van der Waals surface area contributed by atoms with Gasteiger partial charge >= 0.3 is 11.8 Å². The third kappa shape index (κ3) is 6.36. The van der Waals surface area contributed by atoms with E-state index in [-0.39, 0.29) is 17.2 Å². The fourth-order valence-electron chi connectivity index (χ4n) is 3.26. The minimum absolute atomic E-state index is 0.0835. The summed E-state index contributed by atoms with van der Waals surface area (Å²) in [4.78, 5) is 24.5. The summed E-state index contributed by atoms with van der Waals surface area (Å²) in [5.74, 6) is -1.44. The van der Waals surface area contributed by atoms with Crippen molar-refractivity contribution in [2.75, 3.05) is 12.4 Å². The number of nitrogens with one attached hydrogen (secondary N) is 2. The molecule has 0 aliphatic carbocycles. The van der Waals surface area contributed by atoms with Crippen molar-refractivity contribution in [3.63, 3.8) is 0 Å². The molecular weight excluding hydrogens is 473 g/mol. The van der Waals surface area contributed by atoms with Gasteiger partial charge in [-0.25, -0.2) is 9.82 Å². The lowest BCUT2D eigenvalue weighted by atomic mass is 10.1. The Bertz CT molecular complexity index is 1250. The van der Waals surface area contributed by atoms with Crippen LogP contribution in [0.3, 0.4) is 0 Å². The van der Waals surface area contributed by atoms with Crippen molar-refractivity contribution >= 4 is 34.8 Å². The zero-order valence-electron chi connectivity index (χ0n) is 19.7. The highest BCUT2D eigenvalue weighted by atomic mass is 35.5. The molecule has 9 heteroatoms. The van der Waals surface area contributed by atoms with Crippen LogP contribution in [0.5, 0.6) is 11.5 Å². The number of ether oxygens (including phenoxy) is 2. The molecule has 0 aromatic heterocycles. The van der Waals surface area contributed by atoms with Gasteiger partial charge < -0.3 is 14.8 Å². The van der Waals surface area contributed by atoms with Gasteiger partial charge in [-0.05, 0) is 62.2 Å². The van der Waals surface area contributed by atoms with Crippen molar-refractivity contribution in [1.29, 1.82) is 0 Å². The highest BCUT2D eigenvalue weighted by molar-refractivity contribution is 6.39. The van der Waals surface area contributed by atoms with Crippen LogP contribution in [0.15, 0.2) is 59.7 Å². The lowest BCUT2D eigenvalue weighted by Crippen LogP contribution is -2.33. The Kier molecular flexibility index (Phi) is 8.43. The number of para-hydroxylation sites is 1. The molecule has 0 saturated heterocycles. The van der Waals surface area contributed by atoms with Crippen LogP contribution in [0.2, 0.25) is 5.02 Å². The van der Waals surface area contributed by atoms with Crippen molar-refractivity contribution in [3.8, 4) is 11.5 Å². The molecule has 0 heterocycles. The molecule has 2 N–H and O–H groups in total. The highest BCUT2D eigenvalue weighted by Crippen LogP contribution is 2.30. The van der Waals surface area contributed by atoms with Gasteiger partial charge in [0.15, 0.2) is 11.5 Å². The van der Waals surface area contributed by atoms with Gasteiger partial charge in [0.1, 0.15) is 12.4 Å². The predicted octanol–water partition coefficient (Wildman–Crippen LogP) is 5.16. The zero-order valence-corrected chi connectivity index (χ0v) is 20.5. The Morgan fingerprint density at radius 2 is 1.69 bits per heavy atom. The molecule has 0 spiro atoms. The molecule has 0 bridgehead atoms. The average Bonchev–Trinajstić information content (AvgIpc) is 2.84. The van der Waals surface area contributed by atoms with Gasteiger partial charge in [-0.1, -0.05) is 35.9 Å². The van der Waals surface area contributed by atoms with Crippen LogP contribution >= 0.6 is 11.6 Å². The fraction of sp³-hybridized carbons (Fsp3) is 0.192. The van der Waals surface area contributed by atoms with Crippen LogP contribution in [0, 0.1) is 19.7 Å². The number of amides is 2. The van der Waals surface area contributed by atoms with Crippen molar-refractivity contribution < 1.29 is 23.5 Å². The Labute approximate surface area is 207 Å². The number of carbonyl (C=O) groups is 2. The van der Waals surface area contributed by atoms with Gasteiger partial charge in [0, 0.05) is 16.8 Å². The third-order valence-corrected chi connectivity index (χ3v) is 5.62. The Morgan fingerprint density at radius 1 is 1.00 bits per heavy atom. The van der Waals surface area contributed by atoms with E-state index in [4.69, 9.17) is 21.1 Å². The SMILES string of the molecule is COc1cc(C(C)=NNC(=O)C(=O)Nc2c(C)cccc2C)ccc1OCc1c(F)cccc1Cl. The molecular formula is C26H25ClFN3O4. The second-order valence-corrected chi connectivity index (χ2v) is 8.12. The maximum Gasteiger partial charge on any atom is 0.329 e. The van der Waals surface area contributed by atoms with Gasteiger partial charge in [-0.3, -0.25) is 9.59 Å². The van der Waals surface area contributed by atoms with Crippen molar-refractivity contribution in [1.82, 2.24) is 5.43 Å². The number of benzene rings is 3. The molecule has 0 unspecified atom stereocenters. The topological polar surface area (TPSA) is 89.0 Å². The van der Waals surface area contributed by atoms with Gasteiger partial charge in [0.25, 0.3) is 0 Å². The number of nitrogens with zero attached hydrogens (tertiary/aromatic N) is 1. The lowest BCUT2D eigenvalue weighted by molar-refractivity contribution is -0.136. The first-order valence-electron chi connectivity index (χ1n) is 10.7. The van der Waals surface area contributed by atoms with Crippen molar-refractivity contribution in [3.05, 3.63) is 87.7 Å². The van der Waals surface area contributed by atoms with E-state index < -0.39 is 17.6 Å². The highest BCUT2D eigenvalue weighted by Gasteiger charge is 2.16. The van der Waals surface area contributed by atoms with E-state index in [1.54, 1.807) is 31.2 Å². The summed E-state index contributed by atoms with van der Waals surface area (Å²) in [6, 6.07) is 14.9. The molecule has 0 atom stereocenters. The second kappa shape index (κ2) is 11.5. The molecule has 0 radical (unpaired) electrons. The van der Waals surface area contributed by atoms with Crippen LogP contribution in [-0.2, 0) is 16.2 Å². The van der Waals surface area contributed by atoms with Gasteiger partial charge in [0.05, 0.1) is 17.8 Å². The molecule has 0 aliphatic rings. The Hall–Kier alpha value is -3.91. The van der Waals surface area contributed by atoms with Crippen molar-refractivity contribution in [2.24, 2.45) is 5.10 Å². The number of hydrazone groups is 1. The lowest BCUT2D eigenvalue weighted by Gasteiger charge is -2.13. The molecule has 0 saturated carbocycles. The van der Waals surface area contributed by atoms with Gasteiger partial charge in [0.2, 0.25) is 0 Å². The van der Waals surface area contributed by atoms with E-state index >= 15 is 0 Å². The summed E-state index contributed by atoms with van der Waals surface area (Å²) in [6.07, 6.45) is 0. The fourth-order valence-corrected chi connectivity index (χ4v) is 3.48. The Balaban J connectivity index is 1.67. The van der Waals surface area contributed by atoms with E-state index in [9.17, 15) is 14.0 Å². The maximum absolute atomic E-state index is 14.0. The standard InChI is InChI=1S/C26H25ClFN3O4/c1-15-7-5-8-16(2)24(15)29-25(32)26(33)31-30-17(3)18-11-12-22(23(13-18)34-4)35-14-19-20(27)9-6-10-21(19)28/h5-13H,14H2,1-4H3,(H,29,32)(H,31,33). The van der Waals surface area contributed by atoms with Crippen LogP contribution < -0.4 is 20.2 Å². The predicted molar refractivity (Wildman–Crippen MR) is 134 cm³/mol. The first-order valence-corrected chi connectivity index (χ1v) is 11.0. The molecule has 182 valence electrons. The summed E-state index contributed by atoms with van der Waals surface area (Å²) < 4.78 is 25.1. The van der Waals surface area contributed by atoms with Crippen LogP contribution in [0.25, 0.3) is 0 Å². The quantitative estimate of drug-likeness (QED) is 0.268. The van der Waals surface area contributed by atoms with Gasteiger partial charge in [-0.2, -0.15) is 5.10 Å². The first kappa shape index (κ1) is 25.7. The molecule has 2 amide bonds. The monoisotopic (exact) mass is 497 g/mol. The first-order chi connectivity index (χ1) is 16.7. The summed E-state index contributed by atoms with van der Waals surface area (Å²) in [5.41, 5.74) is 5.82. The number of methoxy groups -OCH3 is 1. The summed E-state index contributed by atoms with van der Waals surface area (Å²) in [5, 5.41) is 6.89. The zero-order chi connectivity index (χ0) is 25.5. The number of hydrogen-bond acceptors (Lipinski definition) is 5. The molecule has 0 fully saturated rings. The van der Waals surface area contributed by atoms with E-state index in [0.29, 0.717) is 28.5 Å². The number of anilines is 1. The average molecular weight is 498 g/mol. The van der Waals surface area contributed by atoms with E-state index in [1.807, 2.05) is 32.0 Å². The van der Waals surface area contributed by atoms with Crippen LogP contribution in [0.1, 0.15) is 29.2 Å². The van der Waals surface area contributed by atoms with Crippen molar-refractivity contribution in [2.45, 2.75) is 27.4 Å².